The number of H-pyrrole nitrogens is 2. The molecule has 4 heterocycles. The monoisotopic (exact) mass is 528 g/mol. The number of hydrogen-bond acceptors (Lipinski definition) is 6. The highest BCUT2D eigenvalue weighted by atomic mass is 79.9. The highest BCUT2D eigenvalue weighted by Crippen LogP contribution is 2.21. The Hall–Kier alpha value is -2.74. The van der Waals surface area contributed by atoms with Gasteiger partial charge in [-0.2, -0.15) is 10.2 Å². The van der Waals surface area contributed by atoms with Crippen LogP contribution in [0.2, 0.25) is 0 Å². The van der Waals surface area contributed by atoms with Crippen LogP contribution in [0.5, 0.6) is 0 Å². The van der Waals surface area contributed by atoms with Crippen molar-refractivity contribution >= 4 is 54.2 Å². The van der Waals surface area contributed by atoms with Crippen molar-refractivity contribution in [3.05, 3.63) is 50.6 Å². The number of nitrogens with zero attached hydrogens (tertiary/aromatic N) is 6. The summed E-state index contributed by atoms with van der Waals surface area (Å²) < 4.78 is 6.53. The summed E-state index contributed by atoms with van der Waals surface area (Å²) >= 11 is 6.63. The van der Waals surface area contributed by atoms with E-state index >= 15 is 0 Å². The molecule has 0 spiro atoms. The molecule has 0 amide bonds. The molecule has 0 aliphatic carbocycles. The van der Waals surface area contributed by atoms with E-state index in [4.69, 9.17) is 0 Å². The van der Waals surface area contributed by atoms with Gasteiger partial charge in [0.1, 0.15) is 11.0 Å². The van der Waals surface area contributed by atoms with Crippen LogP contribution in [0.1, 0.15) is 6.42 Å². The second-order valence-corrected chi connectivity index (χ2v) is 7.91. The highest BCUT2D eigenvalue weighted by Gasteiger charge is 2.17. The van der Waals surface area contributed by atoms with Crippen LogP contribution in [-0.2, 0) is 27.2 Å². The number of aromatic nitrogens is 8. The molecule has 0 aromatic carbocycles. The third-order valence-corrected chi connectivity index (χ3v) is 5.71. The van der Waals surface area contributed by atoms with Crippen molar-refractivity contribution in [1.29, 1.82) is 0 Å². The minimum absolute atomic E-state index is 0.408. The lowest BCUT2D eigenvalue weighted by molar-refractivity contribution is 0.511. The number of halogens is 2. The Labute approximate surface area is 177 Å². The lowest BCUT2D eigenvalue weighted by Gasteiger charge is -2.06. The molecule has 4 rings (SSSR count). The minimum Gasteiger partial charge on any atom is -0.302 e. The molecule has 0 bridgehead atoms. The van der Waals surface area contributed by atoms with Gasteiger partial charge in [0.05, 0.1) is 0 Å². The minimum atomic E-state index is -0.728. The molecule has 2 N–H and O–H groups in total. The number of rotatable bonds is 4. The molecule has 0 unspecified atom stereocenters. The van der Waals surface area contributed by atoms with Crippen LogP contribution in [0.3, 0.4) is 0 Å². The van der Waals surface area contributed by atoms with E-state index in [9.17, 15) is 19.2 Å². The van der Waals surface area contributed by atoms with Crippen molar-refractivity contribution in [2.75, 3.05) is 0 Å². The Bertz CT molecular complexity index is 1400. The third-order valence-electron chi connectivity index (χ3n) is 4.64. The summed E-state index contributed by atoms with van der Waals surface area (Å²) in [7, 11) is 3.01. The van der Waals surface area contributed by atoms with Crippen LogP contribution < -0.4 is 22.2 Å². The van der Waals surface area contributed by atoms with Gasteiger partial charge in [-0.3, -0.25) is 19.2 Å². The fourth-order valence-electron chi connectivity index (χ4n) is 3.21. The van der Waals surface area contributed by atoms with Gasteiger partial charge in [0.2, 0.25) is 0 Å². The number of nitrogens with one attached hydrogen (secondary N) is 2. The SMILES string of the molecule is Cn1c(=O)c(=O)[nH]c2c1c(Br)nn2CCCn1nc(Br)c2c1[nH]c(=O)c(=O)n2C. The lowest BCUT2D eigenvalue weighted by atomic mass is 10.4. The molecule has 0 atom stereocenters. The van der Waals surface area contributed by atoms with Gasteiger partial charge in [-0.05, 0) is 38.3 Å². The van der Waals surface area contributed by atoms with Crippen LogP contribution in [0.25, 0.3) is 22.3 Å². The number of hydrogen-bond donors (Lipinski definition) is 2. The number of aromatic amines is 2. The molecular formula is C15H14Br2N8O4. The van der Waals surface area contributed by atoms with Crippen molar-refractivity contribution < 1.29 is 0 Å². The molecule has 4 aromatic rings. The molecule has 0 fully saturated rings. The maximum Gasteiger partial charge on any atom is 0.316 e. The van der Waals surface area contributed by atoms with E-state index in [0.717, 1.165) is 0 Å². The molecule has 14 heteroatoms. The molecule has 0 saturated carbocycles. The molecule has 0 aliphatic rings. The van der Waals surface area contributed by atoms with Gasteiger partial charge in [-0.15, -0.1) is 0 Å². The zero-order valence-corrected chi connectivity index (χ0v) is 18.4. The van der Waals surface area contributed by atoms with Gasteiger partial charge >= 0.3 is 22.2 Å². The number of aryl methyl sites for hydroxylation is 4. The van der Waals surface area contributed by atoms with Gasteiger partial charge in [0.25, 0.3) is 0 Å². The smallest absolute Gasteiger partial charge is 0.302 e. The van der Waals surface area contributed by atoms with Gasteiger partial charge in [0, 0.05) is 27.2 Å². The lowest BCUT2D eigenvalue weighted by Crippen LogP contribution is -2.35. The summed E-state index contributed by atoms with van der Waals surface area (Å²) in [4.78, 5) is 52.4. The van der Waals surface area contributed by atoms with Gasteiger partial charge in [-0.25, -0.2) is 9.36 Å². The summed E-state index contributed by atoms with van der Waals surface area (Å²) in [5.74, 6) is 0. The first kappa shape index (κ1) is 19.6. The van der Waals surface area contributed by atoms with Gasteiger partial charge in [-0.1, -0.05) is 0 Å². The second-order valence-electron chi connectivity index (χ2n) is 6.41. The van der Waals surface area contributed by atoms with Crippen LogP contribution in [0.15, 0.2) is 28.4 Å². The Morgan fingerprint density at radius 1 is 0.759 bits per heavy atom. The summed E-state index contributed by atoms with van der Waals surface area (Å²) in [6.45, 7) is 0.816. The number of fused-ring (bicyclic) bond motifs is 2. The zero-order valence-electron chi connectivity index (χ0n) is 15.2. The average Bonchev–Trinajstić information content (AvgIpc) is 3.14. The third kappa shape index (κ3) is 3.02. The molecule has 29 heavy (non-hydrogen) atoms. The molecule has 0 radical (unpaired) electrons. The Morgan fingerprint density at radius 3 is 1.52 bits per heavy atom. The average molecular weight is 530 g/mol. The van der Waals surface area contributed by atoms with E-state index in [1.165, 1.54) is 23.2 Å². The Morgan fingerprint density at radius 2 is 1.14 bits per heavy atom. The summed E-state index contributed by atoms with van der Waals surface area (Å²) in [5, 5.41) is 8.67. The van der Waals surface area contributed by atoms with Crippen molar-refractivity contribution in [3.63, 3.8) is 0 Å². The van der Waals surface area contributed by atoms with Gasteiger partial charge in [0.15, 0.2) is 20.5 Å². The van der Waals surface area contributed by atoms with Crippen LogP contribution in [0, 0.1) is 0 Å². The molecular weight excluding hydrogens is 516 g/mol. The van der Waals surface area contributed by atoms with E-state index in [0.29, 0.717) is 51.0 Å². The largest absolute Gasteiger partial charge is 0.316 e. The standard InChI is InChI=1S/C15H14Br2N8O4/c1-22-6-8(16)20-24(10(6)18-12(26)14(22)28)4-3-5-25-11-7(9(17)21-25)23(2)15(29)13(27)19-11/h3-5H2,1-2H3,(H,18,26)(H,19,27). The van der Waals surface area contributed by atoms with E-state index in [2.05, 4.69) is 52.0 Å². The van der Waals surface area contributed by atoms with Crippen LogP contribution >= 0.6 is 31.9 Å². The molecule has 0 saturated heterocycles. The van der Waals surface area contributed by atoms with E-state index < -0.39 is 22.2 Å². The molecule has 0 aliphatic heterocycles. The topological polar surface area (TPSA) is 145 Å². The van der Waals surface area contributed by atoms with Crippen molar-refractivity contribution in [1.82, 2.24) is 38.7 Å². The van der Waals surface area contributed by atoms with Crippen LogP contribution in [-0.4, -0.2) is 38.7 Å². The van der Waals surface area contributed by atoms with Crippen molar-refractivity contribution in [2.24, 2.45) is 14.1 Å². The van der Waals surface area contributed by atoms with Crippen molar-refractivity contribution in [2.45, 2.75) is 19.5 Å². The predicted molar refractivity (Wildman–Crippen MR) is 111 cm³/mol. The van der Waals surface area contributed by atoms with Crippen LogP contribution in [0.4, 0.5) is 0 Å². The van der Waals surface area contributed by atoms with Gasteiger partial charge < -0.3 is 19.1 Å². The second kappa shape index (κ2) is 6.95. The van der Waals surface area contributed by atoms with E-state index in [-0.39, 0.29) is 0 Å². The maximum atomic E-state index is 11.8. The first-order chi connectivity index (χ1) is 13.7. The van der Waals surface area contributed by atoms with Crippen molar-refractivity contribution in [3.8, 4) is 0 Å². The first-order valence-corrected chi connectivity index (χ1v) is 10.00. The highest BCUT2D eigenvalue weighted by molar-refractivity contribution is 9.10. The van der Waals surface area contributed by atoms with E-state index in [1.54, 1.807) is 9.36 Å². The quantitative estimate of drug-likeness (QED) is 0.349. The predicted octanol–water partition coefficient (Wildman–Crippen LogP) is -0.225. The summed E-state index contributed by atoms with van der Waals surface area (Å²) in [5.41, 5.74) is -0.969. The molecule has 152 valence electrons. The fourth-order valence-corrected chi connectivity index (χ4v) is 4.50. The summed E-state index contributed by atoms with van der Waals surface area (Å²) in [6, 6.07) is 0. The Balaban J connectivity index is 1.67. The molecule has 4 aromatic heterocycles. The van der Waals surface area contributed by atoms with E-state index in [1.807, 2.05) is 0 Å². The Kier molecular flexibility index (Phi) is 4.69. The first-order valence-electron chi connectivity index (χ1n) is 8.41. The summed E-state index contributed by atoms with van der Waals surface area (Å²) in [6.07, 6.45) is 0.544. The fraction of sp³-hybridized carbons (Fsp3) is 0.333. The maximum absolute atomic E-state index is 11.8. The molecule has 12 nitrogen and oxygen atoms in total. The zero-order chi connectivity index (χ0) is 21.0. The normalized spacial score (nSPS) is 11.7.